The first-order chi connectivity index (χ1) is 14.7. The molecule has 0 unspecified atom stereocenters. The van der Waals surface area contributed by atoms with Crippen molar-refractivity contribution >= 4 is 11.3 Å². The van der Waals surface area contributed by atoms with E-state index in [9.17, 15) is 4.39 Å². The maximum absolute atomic E-state index is 14.6. The Hall–Kier alpha value is -3.42. The van der Waals surface area contributed by atoms with E-state index in [2.05, 4.69) is 25.0 Å². The van der Waals surface area contributed by atoms with Crippen LogP contribution in [-0.4, -0.2) is 36.1 Å². The minimum Gasteiger partial charge on any atom is -0.350 e. The van der Waals surface area contributed by atoms with Crippen LogP contribution in [0.15, 0.2) is 36.8 Å². The largest absolute Gasteiger partial charge is 0.350 e. The molecule has 4 heterocycles. The van der Waals surface area contributed by atoms with Gasteiger partial charge in [0.2, 0.25) is 0 Å². The van der Waals surface area contributed by atoms with Gasteiger partial charge in [0.1, 0.15) is 35.0 Å². The van der Waals surface area contributed by atoms with E-state index in [1.54, 1.807) is 16.6 Å². The average Bonchev–Trinajstić information content (AvgIpc) is 3.57. The molecule has 30 heavy (non-hydrogen) atoms. The van der Waals surface area contributed by atoms with Crippen LogP contribution in [0.5, 0.6) is 0 Å². The lowest BCUT2D eigenvalue weighted by atomic mass is 10.1. The van der Waals surface area contributed by atoms with Crippen molar-refractivity contribution in [2.24, 2.45) is 0 Å². The first-order valence-electron chi connectivity index (χ1n) is 10.2. The van der Waals surface area contributed by atoms with E-state index in [0.717, 1.165) is 41.4 Å². The smallest absolute Gasteiger partial charge is 0.159 e. The number of anilines is 1. The maximum Gasteiger partial charge on any atom is 0.159 e. The third-order valence-corrected chi connectivity index (χ3v) is 5.90. The summed E-state index contributed by atoms with van der Waals surface area (Å²) in [6.07, 6.45) is 6.71. The third-order valence-electron chi connectivity index (χ3n) is 5.90. The van der Waals surface area contributed by atoms with E-state index < -0.39 is 0 Å². The molecular formula is C22H20FN7. The fourth-order valence-corrected chi connectivity index (χ4v) is 4.18. The zero-order valence-corrected chi connectivity index (χ0v) is 16.6. The van der Waals surface area contributed by atoms with Crippen LogP contribution < -0.4 is 4.90 Å². The van der Waals surface area contributed by atoms with Crippen LogP contribution in [0.2, 0.25) is 0 Å². The Bertz CT molecular complexity index is 1280. The molecule has 7 nitrogen and oxygen atoms in total. The van der Waals surface area contributed by atoms with Crippen molar-refractivity contribution in [3.8, 4) is 11.3 Å². The van der Waals surface area contributed by atoms with Gasteiger partial charge in [0.25, 0.3) is 0 Å². The van der Waals surface area contributed by atoms with E-state index in [1.165, 1.54) is 25.2 Å². The summed E-state index contributed by atoms with van der Waals surface area (Å²) in [4.78, 5) is 20.8. The van der Waals surface area contributed by atoms with E-state index in [0.29, 0.717) is 29.5 Å². The molecular weight excluding hydrogens is 381 g/mol. The normalized spacial score (nSPS) is 16.1. The van der Waals surface area contributed by atoms with Crippen LogP contribution in [0.1, 0.15) is 41.7 Å². The lowest BCUT2D eigenvalue weighted by molar-refractivity contribution is 0.631. The molecule has 2 aliphatic rings. The summed E-state index contributed by atoms with van der Waals surface area (Å²) in [5.41, 5.74) is 3.98. The second kappa shape index (κ2) is 6.55. The topological polar surface area (TPSA) is 72.1 Å². The first kappa shape index (κ1) is 17.4. The second-order valence-corrected chi connectivity index (χ2v) is 7.98. The van der Waals surface area contributed by atoms with Crippen LogP contribution >= 0.6 is 0 Å². The van der Waals surface area contributed by atoms with Gasteiger partial charge in [-0.3, -0.25) is 0 Å². The molecule has 1 aliphatic heterocycles. The lowest BCUT2D eigenvalue weighted by Crippen LogP contribution is -2.32. The number of fused-ring (bicyclic) bond motifs is 2. The van der Waals surface area contributed by atoms with Gasteiger partial charge in [-0.2, -0.15) is 5.10 Å². The molecule has 150 valence electrons. The Balaban J connectivity index is 1.45. The summed E-state index contributed by atoms with van der Waals surface area (Å²) in [6, 6.07) is 6.69. The van der Waals surface area contributed by atoms with Crippen molar-refractivity contribution in [2.45, 2.75) is 38.6 Å². The number of hydrogen-bond donors (Lipinski definition) is 0. The van der Waals surface area contributed by atoms with Gasteiger partial charge in [0.05, 0.1) is 5.69 Å². The number of aryl methyl sites for hydroxylation is 1. The van der Waals surface area contributed by atoms with Gasteiger partial charge in [-0.15, -0.1) is 0 Å². The van der Waals surface area contributed by atoms with Crippen LogP contribution in [0.25, 0.3) is 16.8 Å². The molecule has 0 amide bonds. The first-order valence-corrected chi connectivity index (χ1v) is 10.2. The number of nitrogens with zero attached hydrogens (tertiary/aromatic N) is 7. The number of aromatic nitrogens is 6. The van der Waals surface area contributed by atoms with Gasteiger partial charge in [-0.25, -0.2) is 28.8 Å². The Morgan fingerprint density at radius 2 is 1.97 bits per heavy atom. The summed E-state index contributed by atoms with van der Waals surface area (Å²) in [5, 5.41) is 4.36. The highest BCUT2D eigenvalue weighted by molar-refractivity contribution is 5.86. The Morgan fingerprint density at radius 1 is 1.10 bits per heavy atom. The predicted molar refractivity (Wildman–Crippen MR) is 110 cm³/mol. The number of rotatable bonds is 3. The van der Waals surface area contributed by atoms with Gasteiger partial charge in [0, 0.05) is 42.8 Å². The van der Waals surface area contributed by atoms with Gasteiger partial charge < -0.3 is 4.90 Å². The van der Waals surface area contributed by atoms with Gasteiger partial charge in [-0.05, 0) is 31.9 Å². The third kappa shape index (κ3) is 2.74. The van der Waals surface area contributed by atoms with Crippen LogP contribution in [0.4, 0.5) is 10.2 Å². The molecule has 0 N–H and O–H groups in total. The molecule has 1 saturated carbocycles. The summed E-state index contributed by atoms with van der Waals surface area (Å²) < 4.78 is 16.3. The molecule has 4 aromatic rings. The highest BCUT2D eigenvalue weighted by Crippen LogP contribution is 2.39. The molecule has 0 bridgehead atoms. The minimum absolute atomic E-state index is 0.308. The Labute approximate surface area is 172 Å². The molecule has 0 saturated heterocycles. The summed E-state index contributed by atoms with van der Waals surface area (Å²) >= 11 is 0. The highest BCUT2D eigenvalue weighted by Gasteiger charge is 2.29. The molecule has 0 radical (unpaired) electrons. The molecule has 1 aliphatic carbocycles. The minimum atomic E-state index is -0.308. The Morgan fingerprint density at radius 3 is 2.80 bits per heavy atom. The maximum atomic E-state index is 14.6. The molecule has 1 aromatic carbocycles. The number of benzene rings is 1. The molecule has 1 fully saturated rings. The zero-order chi connectivity index (χ0) is 20.2. The summed E-state index contributed by atoms with van der Waals surface area (Å²) in [7, 11) is 0. The van der Waals surface area contributed by atoms with Crippen LogP contribution in [0.3, 0.4) is 0 Å². The van der Waals surface area contributed by atoms with Crippen molar-refractivity contribution in [2.75, 3.05) is 11.4 Å². The fraction of sp³-hybridized carbons (Fsp3) is 0.318. The molecule has 0 spiro atoms. The average molecular weight is 401 g/mol. The molecule has 8 heteroatoms. The number of halogens is 1. The molecule has 0 atom stereocenters. The van der Waals surface area contributed by atoms with Gasteiger partial charge in [-0.1, -0.05) is 12.1 Å². The SMILES string of the molecule is Cc1nc(-c2ccccc2F)c2c(N3CCc4nc(C5CC5)ncc4C3)ncnn12. The fourth-order valence-electron chi connectivity index (χ4n) is 4.18. The second-order valence-electron chi connectivity index (χ2n) is 7.98. The Kier molecular flexibility index (Phi) is 3.81. The van der Waals surface area contributed by atoms with Crippen LogP contribution in [-0.2, 0) is 13.0 Å². The van der Waals surface area contributed by atoms with E-state index in [4.69, 9.17) is 4.98 Å². The van der Waals surface area contributed by atoms with Gasteiger partial charge in [0.15, 0.2) is 5.82 Å². The molecule has 6 rings (SSSR count). The van der Waals surface area contributed by atoms with Crippen molar-refractivity contribution in [1.29, 1.82) is 0 Å². The quantitative estimate of drug-likeness (QED) is 0.523. The highest BCUT2D eigenvalue weighted by atomic mass is 19.1. The van der Waals surface area contributed by atoms with E-state index in [1.807, 2.05) is 19.2 Å². The van der Waals surface area contributed by atoms with Crippen molar-refractivity contribution in [1.82, 2.24) is 29.5 Å². The molecule has 3 aromatic heterocycles. The predicted octanol–water partition coefficient (Wildman–Crippen LogP) is 3.47. The standard InChI is InChI=1S/C22H20FN7/c1-13-27-19(16-4-2-3-5-17(16)23)20-22(25-12-26-30(13)20)29-9-8-18-15(11-29)10-24-21(28-18)14-6-7-14/h2-5,10,12,14H,6-9,11H2,1H3. The monoisotopic (exact) mass is 401 g/mol. The van der Waals surface area contributed by atoms with Crippen molar-refractivity contribution in [3.63, 3.8) is 0 Å². The summed E-state index contributed by atoms with van der Waals surface area (Å²) in [5.74, 6) is 2.67. The van der Waals surface area contributed by atoms with Gasteiger partial charge >= 0.3 is 0 Å². The van der Waals surface area contributed by atoms with Crippen LogP contribution in [0, 0.1) is 12.7 Å². The van der Waals surface area contributed by atoms with E-state index >= 15 is 0 Å². The van der Waals surface area contributed by atoms with E-state index in [-0.39, 0.29) is 5.82 Å². The number of hydrogen-bond acceptors (Lipinski definition) is 6. The van der Waals surface area contributed by atoms with Crippen molar-refractivity contribution < 1.29 is 4.39 Å². The number of imidazole rings is 1. The zero-order valence-electron chi connectivity index (χ0n) is 16.6. The van der Waals surface area contributed by atoms with Crippen molar-refractivity contribution in [3.05, 3.63) is 65.5 Å². The summed E-state index contributed by atoms with van der Waals surface area (Å²) in [6.45, 7) is 3.31. The lowest BCUT2D eigenvalue weighted by Gasteiger charge is -2.29.